The maximum Gasteiger partial charge on any atom is 0.0580 e. The summed E-state index contributed by atoms with van der Waals surface area (Å²) < 4.78 is 0. The zero-order chi connectivity index (χ0) is 12.0. The molecule has 2 unspecified atom stereocenters. The average molecular weight is 228 g/mol. The molecule has 96 valence electrons. The summed E-state index contributed by atoms with van der Waals surface area (Å²) in [6, 6.07) is 0. The summed E-state index contributed by atoms with van der Waals surface area (Å²) in [4.78, 5) is 4.74. The molecule has 0 aromatic carbocycles. The van der Waals surface area contributed by atoms with Gasteiger partial charge in [0, 0.05) is 19.6 Å². The Labute approximate surface area is 100 Å². The van der Waals surface area contributed by atoms with Gasteiger partial charge in [-0.25, -0.2) is 0 Å². The lowest BCUT2D eigenvalue weighted by molar-refractivity contribution is 0.0992. The Morgan fingerprint density at radius 1 is 1.12 bits per heavy atom. The first-order valence-electron chi connectivity index (χ1n) is 6.68. The van der Waals surface area contributed by atoms with Crippen molar-refractivity contribution in [2.45, 2.75) is 38.7 Å². The average Bonchev–Trinajstić information content (AvgIpc) is 2.61. The van der Waals surface area contributed by atoms with Crippen molar-refractivity contribution in [3.8, 4) is 0 Å². The third kappa shape index (κ3) is 4.81. The Kier molecular flexibility index (Phi) is 6.32. The van der Waals surface area contributed by atoms with Gasteiger partial charge in [-0.1, -0.05) is 13.3 Å². The maximum atomic E-state index is 9.85. The second-order valence-electron chi connectivity index (χ2n) is 5.36. The minimum absolute atomic E-state index is 0.0429. The highest BCUT2D eigenvalue weighted by Crippen LogP contribution is 2.26. The number of hydrogen-bond donors (Lipinski definition) is 1. The van der Waals surface area contributed by atoms with E-state index in [0.717, 1.165) is 32.6 Å². The molecule has 0 aromatic heterocycles. The summed E-state index contributed by atoms with van der Waals surface area (Å²) in [5.41, 5.74) is 0. The highest BCUT2D eigenvalue weighted by atomic mass is 16.3. The number of likely N-dealkylation sites (N-methyl/N-ethyl adjacent to an activating group) is 1. The van der Waals surface area contributed by atoms with Crippen LogP contribution in [-0.4, -0.2) is 61.3 Å². The molecule has 0 aromatic rings. The van der Waals surface area contributed by atoms with Gasteiger partial charge in [-0.15, -0.1) is 0 Å². The predicted molar refractivity (Wildman–Crippen MR) is 68.6 cm³/mol. The van der Waals surface area contributed by atoms with E-state index >= 15 is 0 Å². The van der Waals surface area contributed by atoms with Crippen LogP contribution < -0.4 is 0 Å². The van der Waals surface area contributed by atoms with Crippen LogP contribution in [0.3, 0.4) is 0 Å². The lowest BCUT2D eigenvalue weighted by atomic mass is 10.1. The summed E-state index contributed by atoms with van der Waals surface area (Å²) in [5.74, 6) is 0.522. The number of hydrogen-bond acceptors (Lipinski definition) is 3. The molecule has 0 aliphatic heterocycles. The van der Waals surface area contributed by atoms with Gasteiger partial charge < -0.3 is 14.9 Å². The van der Waals surface area contributed by atoms with Crippen LogP contribution in [0.5, 0.6) is 0 Å². The summed E-state index contributed by atoms with van der Waals surface area (Å²) in [7, 11) is 4.24. The molecule has 0 spiro atoms. The van der Waals surface area contributed by atoms with E-state index in [0.29, 0.717) is 5.92 Å². The third-order valence-electron chi connectivity index (χ3n) is 3.51. The minimum Gasteiger partial charge on any atom is -0.393 e. The smallest absolute Gasteiger partial charge is 0.0580 e. The fraction of sp³-hybridized carbons (Fsp3) is 1.00. The maximum absolute atomic E-state index is 9.85. The number of aliphatic hydroxyl groups is 1. The van der Waals surface area contributed by atoms with Gasteiger partial charge >= 0.3 is 0 Å². The van der Waals surface area contributed by atoms with Gasteiger partial charge in [0.15, 0.2) is 0 Å². The Bertz CT molecular complexity index is 185. The third-order valence-corrected chi connectivity index (χ3v) is 3.51. The van der Waals surface area contributed by atoms with Gasteiger partial charge in [-0.3, -0.25) is 0 Å². The number of nitrogens with zero attached hydrogens (tertiary/aromatic N) is 2. The van der Waals surface area contributed by atoms with E-state index in [9.17, 15) is 5.11 Å². The fourth-order valence-electron chi connectivity index (χ4n) is 2.51. The first kappa shape index (κ1) is 13.9. The topological polar surface area (TPSA) is 26.7 Å². The second kappa shape index (κ2) is 7.25. The summed E-state index contributed by atoms with van der Waals surface area (Å²) in [6.07, 6.45) is 4.59. The highest BCUT2D eigenvalue weighted by Gasteiger charge is 2.26. The molecule has 16 heavy (non-hydrogen) atoms. The van der Waals surface area contributed by atoms with Crippen molar-refractivity contribution in [1.82, 2.24) is 9.80 Å². The highest BCUT2D eigenvalue weighted by molar-refractivity contribution is 4.79. The van der Waals surface area contributed by atoms with E-state index in [1.54, 1.807) is 0 Å². The second-order valence-corrected chi connectivity index (χ2v) is 5.36. The van der Waals surface area contributed by atoms with Crippen molar-refractivity contribution >= 4 is 0 Å². The molecular weight excluding hydrogens is 200 g/mol. The van der Waals surface area contributed by atoms with Crippen molar-refractivity contribution in [3.05, 3.63) is 0 Å². The first-order valence-corrected chi connectivity index (χ1v) is 6.68. The quantitative estimate of drug-likeness (QED) is 0.714. The van der Waals surface area contributed by atoms with Gasteiger partial charge in [0.25, 0.3) is 0 Å². The lowest BCUT2D eigenvalue weighted by Crippen LogP contribution is -2.37. The Hall–Kier alpha value is -0.120. The molecule has 0 radical (unpaired) electrons. The first-order chi connectivity index (χ1) is 7.63. The van der Waals surface area contributed by atoms with Crippen molar-refractivity contribution in [2.24, 2.45) is 5.92 Å². The van der Waals surface area contributed by atoms with Gasteiger partial charge in [0.05, 0.1) is 6.10 Å². The summed E-state index contributed by atoms with van der Waals surface area (Å²) in [6.45, 7) is 6.72. The van der Waals surface area contributed by atoms with Crippen LogP contribution in [0.4, 0.5) is 0 Å². The van der Waals surface area contributed by atoms with E-state index in [4.69, 9.17) is 0 Å². The van der Waals surface area contributed by atoms with Crippen LogP contribution in [-0.2, 0) is 0 Å². The van der Waals surface area contributed by atoms with Crippen molar-refractivity contribution in [2.75, 3.05) is 40.3 Å². The molecule has 1 N–H and O–H groups in total. The zero-order valence-electron chi connectivity index (χ0n) is 11.2. The molecule has 3 nitrogen and oxygen atoms in total. The van der Waals surface area contributed by atoms with E-state index in [1.165, 1.54) is 19.3 Å². The van der Waals surface area contributed by atoms with E-state index in [1.807, 2.05) is 0 Å². The Morgan fingerprint density at radius 3 is 2.38 bits per heavy atom. The Morgan fingerprint density at radius 2 is 1.88 bits per heavy atom. The van der Waals surface area contributed by atoms with Crippen molar-refractivity contribution in [1.29, 1.82) is 0 Å². The van der Waals surface area contributed by atoms with Crippen LogP contribution >= 0.6 is 0 Å². The van der Waals surface area contributed by atoms with Gasteiger partial charge in [0.2, 0.25) is 0 Å². The van der Waals surface area contributed by atoms with Crippen LogP contribution in [0, 0.1) is 5.92 Å². The Balaban J connectivity index is 2.31. The molecule has 2 atom stereocenters. The summed E-state index contributed by atoms with van der Waals surface area (Å²) >= 11 is 0. The molecular formula is C13H28N2O. The van der Waals surface area contributed by atoms with Crippen LogP contribution in [0.25, 0.3) is 0 Å². The van der Waals surface area contributed by atoms with E-state index in [2.05, 4.69) is 30.8 Å². The molecule has 1 fully saturated rings. The molecule has 0 heterocycles. The molecule has 1 rings (SSSR count). The number of rotatable bonds is 7. The van der Waals surface area contributed by atoms with Crippen LogP contribution in [0.15, 0.2) is 0 Å². The zero-order valence-corrected chi connectivity index (χ0v) is 11.2. The molecule has 1 saturated carbocycles. The van der Waals surface area contributed by atoms with E-state index < -0.39 is 0 Å². The monoisotopic (exact) mass is 228 g/mol. The van der Waals surface area contributed by atoms with Crippen LogP contribution in [0.2, 0.25) is 0 Å². The number of aliphatic hydroxyl groups excluding tert-OH is 1. The molecule has 3 heteroatoms. The molecule has 0 amide bonds. The molecule has 0 saturated heterocycles. The van der Waals surface area contributed by atoms with Crippen molar-refractivity contribution in [3.63, 3.8) is 0 Å². The summed E-state index contributed by atoms with van der Waals surface area (Å²) in [5, 5.41) is 9.85. The van der Waals surface area contributed by atoms with Crippen molar-refractivity contribution < 1.29 is 5.11 Å². The van der Waals surface area contributed by atoms with Gasteiger partial charge in [-0.2, -0.15) is 0 Å². The molecule has 1 aliphatic rings. The fourth-order valence-corrected chi connectivity index (χ4v) is 2.51. The normalized spacial score (nSPS) is 25.9. The lowest BCUT2D eigenvalue weighted by Gasteiger charge is -2.27. The minimum atomic E-state index is -0.0429. The molecule has 1 aliphatic carbocycles. The largest absolute Gasteiger partial charge is 0.393 e. The van der Waals surface area contributed by atoms with E-state index in [-0.39, 0.29) is 6.10 Å². The predicted octanol–water partition coefficient (Wildman–Crippen LogP) is 1.42. The standard InChI is InChI=1S/C13H28N2O/c1-4-8-15(10-9-14(2)3)11-12-6-5-7-13(12)16/h12-13,16H,4-11H2,1-3H3. The van der Waals surface area contributed by atoms with Crippen LogP contribution in [0.1, 0.15) is 32.6 Å². The van der Waals surface area contributed by atoms with Gasteiger partial charge in [-0.05, 0) is 45.8 Å². The SMILES string of the molecule is CCCN(CCN(C)C)CC1CCCC1O. The van der Waals surface area contributed by atoms with Gasteiger partial charge in [0.1, 0.15) is 0 Å². The molecule has 0 bridgehead atoms.